The Hall–Kier alpha value is -2.24. The van der Waals surface area contributed by atoms with Crippen LogP contribution in [0, 0.1) is 0 Å². The van der Waals surface area contributed by atoms with Gasteiger partial charge in [0.25, 0.3) is 0 Å². The Bertz CT molecular complexity index is 428. The highest BCUT2D eigenvalue weighted by Gasteiger charge is 2.12. The lowest BCUT2D eigenvalue weighted by atomic mass is 10.3. The van der Waals surface area contributed by atoms with Crippen molar-refractivity contribution in [2.24, 2.45) is 0 Å². The van der Waals surface area contributed by atoms with E-state index >= 15 is 0 Å². The van der Waals surface area contributed by atoms with Gasteiger partial charge in [-0.3, -0.25) is 4.79 Å². The summed E-state index contributed by atoms with van der Waals surface area (Å²) in [5, 5.41) is 11.2. The largest absolute Gasteiger partial charge is 0.481 e. The number of nitrogens with zero attached hydrogens (tertiary/aromatic N) is 1. The highest BCUT2D eigenvalue weighted by Crippen LogP contribution is 2.03. The van der Waals surface area contributed by atoms with Gasteiger partial charge in [0.1, 0.15) is 5.76 Å². The van der Waals surface area contributed by atoms with E-state index in [1.54, 1.807) is 23.3 Å². The zero-order valence-corrected chi connectivity index (χ0v) is 11.4. The van der Waals surface area contributed by atoms with Crippen molar-refractivity contribution in [2.75, 3.05) is 19.6 Å². The van der Waals surface area contributed by atoms with Gasteiger partial charge in [-0.2, -0.15) is 0 Å². The summed E-state index contributed by atoms with van der Waals surface area (Å²) < 4.78 is 5.22. The number of amides is 2. The average Bonchev–Trinajstić information content (AvgIpc) is 2.92. The Labute approximate surface area is 118 Å². The Morgan fingerprint density at radius 2 is 2.30 bits per heavy atom. The molecular formula is C14H20N2O4. The van der Waals surface area contributed by atoms with Gasteiger partial charge < -0.3 is 19.7 Å². The van der Waals surface area contributed by atoms with Gasteiger partial charge in [-0.05, 0) is 18.6 Å². The molecule has 0 saturated carbocycles. The van der Waals surface area contributed by atoms with Crippen LogP contribution in [0.5, 0.6) is 0 Å². The molecule has 0 unspecified atom stereocenters. The normalized spacial score (nSPS) is 10.0. The molecule has 0 aliphatic rings. The van der Waals surface area contributed by atoms with Gasteiger partial charge in [0.2, 0.25) is 0 Å². The van der Waals surface area contributed by atoms with E-state index in [1.807, 2.05) is 6.07 Å². The molecule has 0 aliphatic heterocycles. The number of nitrogens with one attached hydrogen (secondary N) is 1. The molecule has 0 bridgehead atoms. The second-order valence-electron chi connectivity index (χ2n) is 4.29. The summed E-state index contributed by atoms with van der Waals surface area (Å²) in [6.45, 7) is 4.93. The first-order chi connectivity index (χ1) is 9.63. The van der Waals surface area contributed by atoms with Gasteiger partial charge in [-0.15, -0.1) is 6.58 Å². The third-order valence-electron chi connectivity index (χ3n) is 2.69. The molecule has 0 spiro atoms. The van der Waals surface area contributed by atoms with Gasteiger partial charge in [-0.1, -0.05) is 6.08 Å². The molecule has 20 heavy (non-hydrogen) atoms. The third kappa shape index (κ3) is 6.08. The number of carboxylic acids is 1. The lowest BCUT2D eigenvalue weighted by molar-refractivity contribution is -0.137. The van der Waals surface area contributed by atoms with Crippen LogP contribution in [0.2, 0.25) is 0 Å². The van der Waals surface area contributed by atoms with Crippen LogP contribution in [0.3, 0.4) is 0 Å². The molecular weight excluding hydrogens is 260 g/mol. The molecule has 1 aromatic heterocycles. The predicted octanol–water partition coefficient (Wildman–Crippen LogP) is 1.88. The van der Waals surface area contributed by atoms with Crippen molar-refractivity contribution in [3.63, 3.8) is 0 Å². The maximum atomic E-state index is 11.9. The molecule has 0 radical (unpaired) electrons. The molecule has 0 aliphatic carbocycles. The van der Waals surface area contributed by atoms with Crippen LogP contribution < -0.4 is 5.32 Å². The predicted molar refractivity (Wildman–Crippen MR) is 74.5 cm³/mol. The van der Waals surface area contributed by atoms with Gasteiger partial charge in [-0.25, -0.2) is 4.79 Å². The number of furan rings is 1. The van der Waals surface area contributed by atoms with Gasteiger partial charge in [0.15, 0.2) is 0 Å². The maximum absolute atomic E-state index is 11.9. The Kier molecular flexibility index (Phi) is 6.95. The lowest BCUT2D eigenvalue weighted by Gasteiger charge is -2.21. The van der Waals surface area contributed by atoms with Crippen molar-refractivity contribution in [3.05, 3.63) is 36.8 Å². The first kappa shape index (κ1) is 15.8. The molecule has 1 aromatic rings. The third-order valence-corrected chi connectivity index (χ3v) is 2.69. The Morgan fingerprint density at radius 3 is 2.90 bits per heavy atom. The summed E-state index contributed by atoms with van der Waals surface area (Å²) in [6.07, 6.45) is 4.34. The van der Waals surface area contributed by atoms with Crippen molar-refractivity contribution in [1.82, 2.24) is 10.2 Å². The van der Waals surface area contributed by atoms with Crippen LogP contribution in [0.15, 0.2) is 35.5 Å². The number of aliphatic carboxylic acids is 1. The standard InChI is InChI=1S/C14H20N2O4/c1-2-9-16(10-7-12-5-4-11-20-12)14(19)15-8-3-6-13(17)18/h2,4-5,11H,1,3,6-10H2,(H,15,19)(H,17,18). The SMILES string of the molecule is C=CCN(CCc1ccco1)C(=O)NCCCC(=O)O. The first-order valence-electron chi connectivity index (χ1n) is 6.51. The molecule has 0 saturated heterocycles. The van der Waals surface area contributed by atoms with Gasteiger partial charge >= 0.3 is 12.0 Å². The zero-order chi connectivity index (χ0) is 14.8. The van der Waals surface area contributed by atoms with Crippen LogP contribution in [0.1, 0.15) is 18.6 Å². The highest BCUT2D eigenvalue weighted by molar-refractivity contribution is 5.74. The summed E-state index contributed by atoms with van der Waals surface area (Å²) in [7, 11) is 0. The maximum Gasteiger partial charge on any atom is 0.317 e. The average molecular weight is 280 g/mol. The van der Waals surface area contributed by atoms with Crippen LogP contribution in [0.4, 0.5) is 4.79 Å². The monoisotopic (exact) mass is 280 g/mol. The second kappa shape index (κ2) is 8.79. The number of hydrogen-bond donors (Lipinski definition) is 2. The van der Waals surface area contributed by atoms with Crippen molar-refractivity contribution in [3.8, 4) is 0 Å². The molecule has 1 heterocycles. The number of rotatable bonds is 9. The topological polar surface area (TPSA) is 82.8 Å². The van der Waals surface area contributed by atoms with E-state index in [4.69, 9.17) is 9.52 Å². The van der Waals surface area contributed by atoms with E-state index in [2.05, 4.69) is 11.9 Å². The molecule has 2 amide bonds. The van der Waals surface area contributed by atoms with Crippen molar-refractivity contribution in [2.45, 2.75) is 19.3 Å². The van der Waals surface area contributed by atoms with Crippen LogP contribution >= 0.6 is 0 Å². The molecule has 6 heteroatoms. The second-order valence-corrected chi connectivity index (χ2v) is 4.29. The van der Waals surface area contributed by atoms with Crippen molar-refractivity contribution in [1.29, 1.82) is 0 Å². The Balaban J connectivity index is 2.33. The van der Waals surface area contributed by atoms with Crippen LogP contribution in [-0.2, 0) is 11.2 Å². The van der Waals surface area contributed by atoms with E-state index in [9.17, 15) is 9.59 Å². The summed E-state index contributed by atoms with van der Waals surface area (Å²) in [5.74, 6) is -0.0437. The van der Waals surface area contributed by atoms with Gasteiger partial charge in [0, 0.05) is 32.5 Å². The molecule has 0 atom stereocenters. The molecule has 6 nitrogen and oxygen atoms in total. The minimum Gasteiger partial charge on any atom is -0.481 e. The number of hydrogen-bond acceptors (Lipinski definition) is 3. The molecule has 1 rings (SSSR count). The van der Waals surface area contributed by atoms with Gasteiger partial charge in [0.05, 0.1) is 6.26 Å². The quantitative estimate of drug-likeness (QED) is 0.534. The smallest absolute Gasteiger partial charge is 0.317 e. The Morgan fingerprint density at radius 1 is 1.50 bits per heavy atom. The molecule has 110 valence electrons. The van der Waals surface area contributed by atoms with E-state index in [0.717, 1.165) is 5.76 Å². The molecule has 0 fully saturated rings. The number of carbonyl (C=O) groups is 2. The molecule has 0 aromatic carbocycles. The molecule has 2 N–H and O–H groups in total. The van der Waals surface area contributed by atoms with E-state index in [0.29, 0.717) is 32.5 Å². The number of carbonyl (C=O) groups excluding carboxylic acids is 1. The van der Waals surface area contributed by atoms with Crippen LogP contribution in [0.25, 0.3) is 0 Å². The first-order valence-corrected chi connectivity index (χ1v) is 6.51. The zero-order valence-electron chi connectivity index (χ0n) is 11.4. The highest BCUT2D eigenvalue weighted by atomic mass is 16.4. The summed E-state index contributed by atoms with van der Waals surface area (Å²) in [4.78, 5) is 23.9. The minimum absolute atomic E-state index is 0.0497. The minimum atomic E-state index is -0.861. The fraction of sp³-hybridized carbons (Fsp3) is 0.429. The van der Waals surface area contributed by atoms with Crippen molar-refractivity contribution >= 4 is 12.0 Å². The lowest BCUT2D eigenvalue weighted by Crippen LogP contribution is -2.41. The fourth-order valence-corrected chi connectivity index (χ4v) is 1.68. The van der Waals surface area contributed by atoms with E-state index in [1.165, 1.54) is 0 Å². The fourth-order valence-electron chi connectivity index (χ4n) is 1.68. The van der Waals surface area contributed by atoms with Crippen LogP contribution in [-0.4, -0.2) is 41.6 Å². The van der Waals surface area contributed by atoms with Crippen molar-refractivity contribution < 1.29 is 19.1 Å². The summed E-state index contributed by atoms with van der Waals surface area (Å²) in [5.41, 5.74) is 0. The summed E-state index contributed by atoms with van der Waals surface area (Å²) >= 11 is 0. The number of urea groups is 1. The van der Waals surface area contributed by atoms with E-state index in [-0.39, 0.29) is 12.5 Å². The number of carboxylic acid groups (broad SMARTS) is 1. The van der Waals surface area contributed by atoms with E-state index < -0.39 is 5.97 Å². The summed E-state index contributed by atoms with van der Waals surface area (Å²) in [6, 6.07) is 3.44.